The molecule has 1 aliphatic rings. The summed E-state index contributed by atoms with van der Waals surface area (Å²) in [5, 5.41) is 0. The van der Waals surface area contributed by atoms with Gasteiger partial charge in [0.15, 0.2) is 0 Å². The monoisotopic (exact) mass is 364 g/mol. The zero-order valence-electron chi connectivity index (χ0n) is 14.6. The minimum absolute atomic E-state index is 0.0150. The highest BCUT2D eigenvalue weighted by atomic mass is 32.2. The van der Waals surface area contributed by atoms with Crippen LogP contribution in [0.2, 0.25) is 0 Å². The van der Waals surface area contributed by atoms with Gasteiger partial charge in [-0.05, 0) is 58.2 Å². The number of nitrogens with zero attached hydrogens (tertiary/aromatic N) is 1. The number of aryl methyl sites for hydroxylation is 2. The normalized spacial score (nSPS) is 16.1. The summed E-state index contributed by atoms with van der Waals surface area (Å²) < 4.78 is 16.0. The first-order valence-corrected chi connectivity index (χ1v) is 10.4. The molecule has 1 unspecified atom stereocenters. The van der Waals surface area contributed by atoms with Crippen LogP contribution in [0.25, 0.3) is 10.4 Å². The first-order valence-electron chi connectivity index (χ1n) is 8.45. The first-order chi connectivity index (χ1) is 11.4. The molecule has 24 heavy (non-hydrogen) atoms. The number of aromatic nitrogens is 1. The molecule has 1 aliphatic carbocycles. The number of nitrogens with one attached hydrogen (secondary N) is 1. The van der Waals surface area contributed by atoms with E-state index in [1.807, 2.05) is 32.0 Å². The molecule has 3 rings (SSSR count). The Bertz CT molecular complexity index is 817. The lowest BCUT2D eigenvalue weighted by molar-refractivity contribution is 0.369. The van der Waals surface area contributed by atoms with Crippen molar-refractivity contribution in [3.05, 3.63) is 39.8 Å². The van der Waals surface area contributed by atoms with Crippen LogP contribution in [0.15, 0.2) is 27.2 Å². The highest BCUT2D eigenvalue weighted by Crippen LogP contribution is 2.36. The quantitative estimate of drug-likeness (QED) is 0.846. The van der Waals surface area contributed by atoms with Gasteiger partial charge < -0.3 is 4.98 Å². The summed E-state index contributed by atoms with van der Waals surface area (Å²) in [7, 11) is -1.11. The molecule has 0 bridgehead atoms. The Labute approximate surface area is 149 Å². The smallest absolute Gasteiger partial charge is 0.251 e. The number of hydrogen-bond donors (Lipinski definition) is 1. The molecule has 0 spiro atoms. The Kier molecular flexibility index (Phi) is 5.08. The van der Waals surface area contributed by atoms with Crippen LogP contribution in [0.5, 0.6) is 0 Å². The van der Waals surface area contributed by atoms with E-state index in [9.17, 15) is 9.00 Å². The van der Waals surface area contributed by atoms with Crippen LogP contribution in [0.1, 0.15) is 44.9 Å². The Morgan fingerprint density at radius 1 is 1.38 bits per heavy atom. The molecule has 0 aromatic carbocycles. The second-order valence-electron chi connectivity index (χ2n) is 6.57. The maximum Gasteiger partial charge on any atom is 0.251 e. The van der Waals surface area contributed by atoms with Gasteiger partial charge in [0, 0.05) is 33.8 Å². The van der Waals surface area contributed by atoms with Gasteiger partial charge in [0.25, 0.3) is 5.56 Å². The van der Waals surface area contributed by atoms with E-state index in [2.05, 4.69) is 23.1 Å². The second-order valence-corrected chi connectivity index (χ2v) is 9.27. The lowest BCUT2D eigenvalue weighted by Crippen LogP contribution is -2.34. The van der Waals surface area contributed by atoms with E-state index in [0.717, 1.165) is 38.7 Å². The number of pyridine rings is 1. The van der Waals surface area contributed by atoms with Gasteiger partial charge in [-0.1, -0.05) is 6.92 Å². The Hall–Kier alpha value is -1.24. The van der Waals surface area contributed by atoms with Crippen molar-refractivity contribution in [2.24, 2.45) is 0 Å². The SMILES string of the molecule is CCc1cc(-c2ccc(S(=O)N(C(C)C)C3CC3)s2)c(C)[nH]c1=O. The number of thiophene rings is 1. The van der Waals surface area contributed by atoms with Crippen LogP contribution in [0.3, 0.4) is 0 Å². The molecule has 1 fully saturated rings. The molecule has 2 aromatic heterocycles. The molecular formula is C18H24N2O2S2. The van der Waals surface area contributed by atoms with Crippen LogP contribution in [-0.4, -0.2) is 25.6 Å². The average molecular weight is 365 g/mol. The molecule has 130 valence electrons. The summed E-state index contributed by atoms with van der Waals surface area (Å²) in [6, 6.07) is 6.67. The van der Waals surface area contributed by atoms with Crippen molar-refractivity contribution in [3.8, 4) is 10.4 Å². The van der Waals surface area contributed by atoms with Crippen LogP contribution in [0.4, 0.5) is 0 Å². The van der Waals surface area contributed by atoms with E-state index in [1.54, 1.807) is 11.3 Å². The summed E-state index contributed by atoms with van der Waals surface area (Å²) in [4.78, 5) is 15.9. The second kappa shape index (κ2) is 6.94. The van der Waals surface area contributed by atoms with Crippen LogP contribution >= 0.6 is 11.3 Å². The van der Waals surface area contributed by atoms with E-state index in [-0.39, 0.29) is 11.6 Å². The fourth-order valence-electron chi connectivity index (χ4n) is 2.92. The molecule has 0 radical (unpaired) electrons. The maximum atomic E-state index is 13.0. The van der Waals surface area contributed by atoms with Crippen molar-refractivity contribution in [1.29, 1.82) is 0 Å². The molecule has 0 saturated heterocycles. The minimum atomic E-state index is -1.11. The predicted molar refractivity (Wildman–Crippen MR) is 101 cm³/mol. The van der Waals surface area contributed by atoms with Crippen molar-refractivity contribution >= 4 is 22.3 Å². The largest absolute Gasteiger partial charge is 0.326 e. The van der Waals surface area contributed by atoms with E-state index in [1.165, 1.54) is 0 Å². The third kappa shape index (κ3) is 3.41. The fraction of sp³-hybridized carbons (Fsp3) is 0.500. The number of H-pyrrole nitrogens is 1. The summed E-state index contributed by atoms with van der Waals surface area (Å²) in [5.41, 5.74) is 2.66. The summed E-state index contributed by atoms with van der Waals surface area (Å²) >= 11 is 1.56. The van der Waals surface area contributed by atoms with Crippen molar-refractivity contribution in [2.45, 2.75) is 63.3 Å². The molecular weight excluding hydrogens is 340 g/mol. The van der Waals surface area contributed by atoms with E-state index >= 15 is 0 Å². The van der Waals surface area contributed by atoms with Gasteiger partial charge in [0.05, 0.1) is 0 Å². The number of aromatic amines is 1. The Balaban J connectivity index is 1.93. The molecule has 1 atom stereocenters. The average Bonchev–Trinajstić information content (AvgIpc) is 3.22. The highest BCUT2D eigenvalue weighted by Gasteiger charge is 2.35. The Morgan fingerprint density at radius 2 is 2.08 bits per heavy atom. The van der Waals surface area contributed by atoms with Crippen LogP contribution < -0.4 is 5.56 Å². The predicted octanol–water partition coefficient (Wildman–Crippen LogP) is 3.87. The zero-order chi connectivity index (χ0) is 17.4. The lowest BCUT2D eigenvalue weighted by Gasteiger charge is -2.23. The maximum absolute atomic E-state index is 13.0. The zero-order valence-corrected chi connectivity index (χ0v) is 16.2. The molecule has 6 heteroatoms. The van der Waals surface area contributed by atoms with Gasteiger partial charge in [0.2, 0.25) is 0 Å². The standard InChI is InChI=1S/C18H24N2O2S2/c1-5-13-10-15(12(4)19-18(13)21)16-8-9-17(23-16)24(22)20(11(2)3)14-6-7-14/h8-11,14H,5-7H2,1-4H3,(H,19,21). The van der Waals surface area contributed by atoms with Crippen LogP contribution in [-0.2, 0) is 17.4 Å². The van der Waals surface area contributed by atoms with Crippen molar-refractivity contribution in [1.82, 2.24) is 9.29 Å². The third-order valence-corrected chi connectivity index (χ3v) is 7.50. The summed E-state index contributed by atoms with van der Waals surface area (Å²) in [5.74, 6) is 0. The van der Waals surface area contributed by atoms with Gasteiger partial charge in [-0.2, -0.15) is 0 Å². The van der Waals surface area contributed by atoms with Gasteiger partial charge in [-0.15, -0.1) is 11.3 Å². The lowest BCUT2D eigenvalue weighted by atomic mass is 10.1. The topological polar surface area (TPSA) is 53.2 Å². The van der Waals surface area contributed by atoms with E-state index in [0.29, 0.717) is 12.5 Å². The molecule has 1 saturated carbocycles. The van der Waals surface area contributed by atoms with E-state index < -0.39 is 11.0 Å². The van der Waals surface area contributed by atoms with E-state index in [4.69, 9.17) is 0 Å². The molecule has 2 aromatic rings. The first kappa shape index (κ1) is 17.6. The van der Waals surface area contributed by atoms with Gasteiger partial charge in [-0.25, -0.2) is 8.51 Å². The number of rotatable bonds is 6. The molecule has 0 amide bonds. The van der Waals surface area contributed by atoms with Crippen LogP contribution in [0, 0.1) is 6.92 Å². The molecule has 2 heterocycles. The third-order valence-electron chi connectivity index (χ3n) is 4.32. The van der Waals surface area contributed by atoms with Crippen molar-refractivity contribution < 1.29 is 4.21 Å². The molecule has 4 nitrogen and oxygen atoms in total. The highest BCUT2D eigenvalue weighted by molar-refractivity contribution is 7.85. The molecule has 1 N–H and O–H groups in total. The van der Waals surface area contributed by atoms with Crippen molar-refractivity contribution in [3.63, 3.8) is 0 Å². The van der Waals surface area contributed by atoms with Crippen molar-refractivity contribution in [2.75, 3.05) is 0 Å². The van der Waals surface area contributed by atoms with Gasteiger partial charge >= 0.3 is 0 Å². The Morgan fingerprint density at radius 3 is 2.67 bits per heavy atom. The molecule has 0 aliphatic heterocycles. The fourth-order valence-corrected chi connectivity index (χ4v) is 5.81. The summed E-state index contributed by atoms with van der Waals surface area (Å²) in [6.07, 6.45) is 2.98. The minimum Gasteiger partial charge on any atom is -0.326 e. The summed E-state index contributed by atoms with van der Waals surface area (Å²) in [6.45, 7) is 8.10. The van der Waals surface area contributed by atoms with Gasteiger partial charge in [-0.3, -0.25) is 4.79 Å². The van der Waals surface area contributed by atoms with Gasteiger partial charge in [0.1, 0.15) is 15.2 Å². The number of hydrogen-bond acceptors (Lipinski definition) is 3.